The molecular formula is C11H19N3O2. The molecule has 1 aromatic rings. The Kier molecular flexibility index (Phi) is 3.93. The van der Waals surface area contributed by atoms with E-state index in [-0.39, 0.29) is 0 Å². The van der Waals surface area contributed by atoms with E-state index in [0.29, 0.717) is 12.6 Å². The van der Waals surface area contributed by atoms with Crippen LogP contribution in [0.15, 0.2) is 10.6 Å². The van der Waals surface area contributed by atoms with Gasteiger partial charge in [-0.15, -0.1) is 0 Å². The number of hydrogen-bond donors (Lipinski definition) is 1. The van der Waals surface area contributed by atoms with E-state index < -0.39 is 0 Å². The summed E-state index contributed by atoms with van der Waals surface area (Å²) in [6.45, 7) is 6.72. The van der Waals surface area contributed by atoms with Crippen molar-refractivity contribution in [2.45, 2.75) is 26.1 Å². The molecule has 2 rings (SSSR count). The predicted molar refractivity (Wildman–Crippen MR) is 60.0 cm³/mol. The molecule has 5 heteroatoms. The lowest BCUT2D eigenvalue weighted by atomic mass is 10.2. The Bertz CT molecular complexity index is 327. The lowest BCUT2D eigenvalue weighted by molar-refractivity contribution is 0.155. The van der Waals surface area contributed by atoms with Crippen LogP contribution in [0, 0.1) is 0 Å². The van der Waals surface area contributed by atoms with Gasteiger partial charge in [0.1, 0.15) is 6.61 Å². The Morgan fingerprint density at radius 3 is 3.31 bits per heavy atom. The van der Waals surface area contributed by atoms with Gasteiger partial charge in [-0.25, -0.2) is 0 Å². The van der Waals surface area contributed by atoms with Gasteiger partial charge in [-0.1, -0.05) is 5.16 Å². The minimum Gasteiger partial charge on any atom is -0.377 e. The summed E-state index contributed by atoms with van der Waals surface area (Å²) in [7, 11) is 1.65. The number of hydrogen-bond acceptors (Lipinski definition) is 5. The SMILES string of the molecule is COCc1cc(CN2CCN[C@@H](C)C2)no1. The van der Waals surface area contributed by atoms with Gasteiger partial charge in [0.25, 0.3) is 0 Å². The van der Waals surface area contributed by atoms with E-state index in [9.17, 15) is 0 Å². The van der Waals surface area contributed by atoms with Crippen molar-refractivity contribution in [3.05, 3.63) is 17.5 Å². The molecule has 1 aliphatic heterocycles. The molecule has 1 fully saturated rings. The number of aromatic nitrogens is 1. The molecule has 16 heavy (non-hydrogen) atoms. The second-order valence-electron chi connectivity index (χ2n) is 4.31. The van der Waals surface area contributed by atoms with E-state index in [1.54, 1.807) is 7.11 Å². The van der Waals surface area contributed by atoms with Gasteiger partial charge in [0.05, 0.1) is 5.69 Å². The van der Waals surface area contributed by atoms with E-state index in [1.807, 2.05) is 6.07 Å². The fraction of sp³-hybridized carbons (Fsp3) is 0.727. The van der Waals surface area contributed by atoms with Crippen molar-refractivity contribution in [1.29, 1.82) is 0 Å². The average molecular weight is 225 g/mol. The summed E-state index contributed by atoms with van der Waals surface area (Å²) in [6.07, 6.45) is 0. The third-order valence-electron chi connectivity index (χ3n) is 2.73. The molecule has 0 saturated carbocycles. The van der Waals surface area contributed by atoms with Crippen LogP contribution >= 0.6 is 0 Å². The molecule has 1 atom stereocenters. The molecule has 0 amide bonds. The summed E-state index contributed by atoms with van der Waals surface area (Å²) in [5.74, 6) is 0.792. The summed E-state index contributed by atoms with van der Waals surface area (Å²) in [5.41, 5.74) is 0.987. The highest BCUT2D eigenvalue weighted by Gasteiger charge is 2.17. The topological polar surface area (TPSA) is 50.5 Å². The standard InChI is InChI=1S/C11H19N3O2/c1-9-6-14(4-3-12-9)7-10-5-11(8-15-2)16-13-10/h5,9,12H,3-4,6-8H2,1-2H3/t9-/m0/s1. The smallest absolute Gasteiger partial charge is 0.162 e. The second-order valence-corrected chi connectivity index (χ2v) is 4.31. The van der Waals surface area contributed by atoms with Crippen LogP contribution in [0.3, 0.4) is 0 Å². The van der Waals surface area contributed by atoms with Gasteiger partial charge in [-0.3, -0.25) is 4.90 Å². The van der Waals surface area contributed by atoms with Crippen molar-refractivity contribution in [3.63, 3.8) is 0 Å². The van der Waals surface area contributed by atoms with Crippen LogP contribution < -0.4 is 5.32 Å². The predicted octanol–water partition coefficient (Wildman–Crippen LogP) is 0.615. The first-order chi connectivity index (χ1) is 7.78. The quantitative estimate of drug-likeness (QED) is 0.814. The Labute approximate surface area is 95.7 Å². The van der Waals surface area contributed by atoms with Crippen LogP contribution in [-0.2, 0) is 17.9 Å². The molecule has 1 aliphatic rings. The monoisotopic (exact) mass is 225 g/mol. The van der Waals surface area contributed by atoms with Crippen molar-refractivity contribution in [2.24, 2.45) is 0 Å². The Hall–Kier alpha value is -0.910. The first-order valence-electron chi connectivity index (χ1n) is 5.67. The van der Waals surface area contributed by atoms with Crippen molar-refractivity contribution in [3.8, 4) is 0 Å². The van der Waals surface area contributed by atoms with Crippen LogP contribution in [0.2, 0.25) is 0 Å². The van der Waals surface area contributed by atoms with Crippen LogP contribution in [0.5, 0.6) is 0 Å². The molecule has 0 unspecified atom stereocenters. The molecule has 0 aromatic carbocycles. The third-order valence-corrected chi connectivity index (χ3v) is 2.73. The minimum atomic E-state index is 0.491. The van der Waals surface area contributed by atoms with Crippen LogP contribution in [-0.4, -0.2) is 42.8 Å². The van der Waals surface area contributed by atoms with Crippen molar-refractivity contribution < 1.29 is 9.26 Å². The Morgan fingerprint density at radius 2 is 2.56 bits per heavy atom. The summed E-state index contributed by atoms with van der Waals surface area (Å²) in [4.78, 5) is 2.38. The number of nitrogens with one attached hydrogen (secondary N) is 1. The first kappa shape index (κ1) is 11.6. The molecule has 90 valence electrons. The normalized spacial score (nSPS) is 22.5. The Morgan fingerprint density at radius 1 is 1.69 bits per heavy atom. The average Bonchev–Trinajstić information content (AvgIpc) is 2.66. The van der Waals surface area contributed by atoms with Gasteiger partial charge < -0.3 is 14.6 Å². The summed E-state index contributed by atoms with van der Waals surface area (Å²) in [6, 6.07) is 2.52. The molecular weight excluding hydrogens is 206 g/mol. The summed E-state index contributed by atoms with van der Waals surface area (Å²) >= 11 is 0. The van der Waals surface area contributed by atoms with Crippen LogP contribution in [0.25, 0.3) is 0 Å². The Balaban J connectivity index is 1.87. The zero-order chi connectivity index (χ0) is 11.4. The fourth-order valence-corrected chi connectivity index (χ4v) is 2.03. The molecule has 2 heterocycles. The lowest BCUT2D eigenvalue weighted by Gasteiger charge is -2.30. The molecule has 0 aliphatic carbocycles. The largest absolute Gasteiger partial charge is 0.377 e. The minimum absolute atomic E-state index is 0.491. The van der Waals surface area contributed by atoms with E-state index in [0.717, 1.165) is 37.6 Å². The van der Waals surface area contributed by atoms with Gasteiger partial charge in [0.15, 0.2) is 5.76 Å². The maximum Gasteiger partial charge on any atom is 0.162 e. The van der Waals surface area contributed by atoms with E-state index >= 15 is 0 Å². The highest BCUT2D eigenvalue weighted by molar-refractivity contribution is 5.04. The van der Waals surface area contributed by atoms with Gasteiger partial charge >= 0.3 is 0 Å². The maximum atomic E-state index is 5.16. The van der Waals surface area contributed by atoms with Gasteiger partial charge in [0, 0.05) is 45.4 Å². The molecule has 0 bridgehead atoms. The second kappa shape index (κ2) is 5.43. The van der Waals surface area contributed by atoms with Gasteiger partial charge in [-0.05, 0) is 6.92 Å². The number of piperazine rings is 1. The highest BCUT2D eigenvalue weighted by atomic mass is 16.5. The lowest BCUT2D eigenvalue weighted by Crippen LogP contribution is -2.48. The van der Waals surface area contributed by atoms with E-state index in [4.69, 9.17) is 9.26 Å². The van der Waals surface area contributed by atoms with Crippen LogP contribution in [0.4, 0.5) is 0 Å². The zero-order valence-electron chi connectivity index (χ0n) is 9.90. The maximum absolute atomic E-state index is 5.16. The zero-order valence-corrected chi connectivity index (χ0v) is 9.90. The molecule has 1 saturated heterocycles. The molecule has 0 spiro atoms. The third kappa shape index (κ3) is 3.04. The molecule has 1 N–H and O–H groups in total. The molecule has 5 nitrogen and oxygen atoms in total. The number of nitrogens with zero attached hydrogens (tertiary/aromatic N) is 2. The number of methoxy groups -OCH3 is 1. The van der Waals surface area contributed by atoms with Crippen LogP contribution in [0.1, 0.15) is 18.4 Å². The first-order valence-corrected chi connectivity index (χ1v) is 5.67. The van der Waals surface area contributed by atoms with Gasteiger partial charge in [-0.2, -0.15) is 0 Å². The van der Waals surface area contributed by atoms with E-state index in [2.05, 4.69) is 22.3 Å². The van der Waals surface area contributed by atoms with E-state index in [1.165, 1.54) is 0 Å². The number of rotatable bonds is 4. The fourth-order valence-electron chi connectivity index (χ4n) is 2.03. The summed E-state index contributed by atoms with van der Waals surface area (Å²) < 4.78 is 10.1. The van der Waals surface area contributed by atoms with Crippen molar-refractivity contribution in [2.75, 3.05) is 26.7 Å². The van der Waals surface area contributed by atoms with Crippen molar-refractivity contribution >= 4 is 0 Å². The molecule has 0 radical (unpaired) electrons. The van der Waals surface area contributed by atoms with Crippen molar-refractivity contribution in [1.82, 2.24) is 15.4 Å². The number of ether oxygens (including phenoxy) is 1. The summed E-state index contributed by atoms with van der Waals surface area (Å²) in [5, 5.41) is 7.45. The highest BCUT2D eigenvalue weighted by Crippen LogP contribution is 2.09. The molecule has 1 aromatic heterocycles. The van der Waals surface area contributed by atoms with Gasteiger partial charge in [0.2, 0.25) is 0 Å².